The number of amides is 5. The maximum atomic E-state index is 12.5. The van der Waals surface area contributed by atoms with Crippen molar-refractivity contribution in [1.29, 1.82) is 0 Å². The molecular formula is C53H91N5O20. The standard InChI is InChI=1S/C53H91N5O20/c1-2-39(44(61)36-59)18-15-16-28-54-45(62)26-24-42(52(71)72)57-47(64)27-25-43(53(73)74)58-49(66)38-78-35-33-76-31-29-55-48(65)37-77-34-32-75-30-17-19-40(60)22-23-41(51(69)70)56-46(63)20-13-11-9-7-5-3-4-6-8-10-12-14-21-50(67)68/h39,41-43,59H,2-38H2,1H3,(H,54,62)(H,55,65)(H,56,63)(H,57,64)(H,58,66)(H,67,68)(H,69,70)(H,71,72)(H,73,74)/t39-,41-,42-,43-/m0/s1. The number of aliphatic carboxylic acids is 4. The van der Waals surface area contributed by atoms with Crippen LogP contribution in [0.2, 0.25) is 0 Å². The third-order valence-corrected chi connectivity index (χ3v) is 12.4. The van der Waals surface area contributed by atoms with Gasteiger partial charge in [0, 0.05) is 64.1 Å². The van der Waals surface area contributed by atoms with Crippen LogP contribution >= 0.6 is 0 Å². The Balaban J connectivity index is 4.00. The lowest BCUT2D eigenvalue weighted by Crippen LogP contribution is -2.45. The van der Waals surface area contributed by atoms with Gasteiger partial charge < -0.3 is 71.1 Å². The van der Waals surface area contributed by atoms with E-state index in [2.05, 4.69) is 26.6 Å². The zero-order valence-corrected chi connectivity index (χ0v) is 45.8. The van der Waals surface area contributed by atoms with E-state index in [0.717, 1.165) is 70.6 Å². The second-order valence-corrected chi connectivity index (χ2v) is 19.0. The third-order valence-electron chi connectivity index (χ3n) is 12.4. The van der Waals surface area contributed by atoms with Crippen molar-refractivity contribution < 1.29 is 97.2 Å². The number of carbonyl (C=O) groups excluding carboxylic acids is 7. The third kappa shape index (κ3) is 43.4. The smallest absolute Gasteiger partial charge is 0.326 e. The molecule has 0 fully saturated rings. The molecule has 4 atom stereocenters. The molecule has 0 saturated heterocycles. The number of unbranched alkanes of at least 4 members (excludes halogenated alkanes) is 12. The van der Waals surface area contributed by atoms with Gasteiger partial charge in [-0.2, -0.15) is 0 Å². The van der Waals surface area contributed by atoms with Gasteiger partial charge in [-0.3, -0.25) is 38.4 Å². The molecule has 0 bridgehead atoms. The molecule has 0 aromatic rings. The number of carboxylic acid groups (broad SMARTS) is 4. The summed E-state index contributed by atoms with van der Waals surface area (Å²) in [6.07, 6.45) is 14.3. The number of aliphatic hydroxyl groups excluding tert-OH is 1. The fourth-order valence-electron chi connectivity index (χ4n) is 7.86. The maximum absolute atomic E-state index is 12.5. The predicted octanol–water partition coefficient (Wildman–Crippen LogP) is 2.99. The fourth-order valence-corrected chi connectivity index (χ4v) is 7.86. The summed E-state index contributed by atoms with van der Waals surface area (Å²) in [6.45, 7) is 1.66. The first kappa shape index (κ1) is 72.4. The Morgan fingerprint density at radius 1 is 0.385 bits per heavy atom. The van der Waals surface area contributed by atoms with E-state index in [1.54, 1.807) is 0 Å². The Labute approximate surface area is 458 Å². The minimum atomic E-state index is -1.48. The number of nitrogens with one attached hydrogen (secondary N) is 5. The SMILES string of the molecule is CC[C@@H](CCCCNC(=O)CC[C@H](NC(=O)CC[C@H](NC(=O)COCCOCCNC(=O)COCCOCCCC(=O)CC[C@H](NC(=O)CCCCCCCCCCCCCCC(=O)O)C(=O)O)C(=O)O)C(=O)O)C(=O)CO. The monoisotopic (exact) mass is 1120 g/mol. The number of carboxylic acids is 4. The molecule has 448 valence electrons. The summed E-state index contributed by atoms with van der Waals surface area (Å²) in [5.41, 5.74) is 0. The van der Waals surface area contributed by atoms with E-state index in [1.165, 1.54) is 0 Å². The first-order valence-corrected chi connectivity index (χ1v) is 27.7. The fraction of sp³-hybridized carbons (Fsp3) is 0.792. The van der Waals surface area contributed by atoms with Gasteiger partial charge in [0.2, 0.25) is 29.5 Å². The number of ether oxygens (including phenoxy) is 4. The zero-order chi connectivity index (χ0) is 58.2. The number of hydrogen-bond acceptors (Lipinski definition) is 16. The molecule has 0 unspecified atom stereocenters. The molecule has 0 rings (SSSR count). The van der Waals surface area contributed by atoms with Crippen molar-refractivity contribution in [3.63, 3.8) is 0 Å². The van der Waals surface area contributed by atoms with Gasteiger partial charge in [-0.15, -0.1) is 0 Å². The summed E-state index contributed by atoms with van der Waals surface area (Å²) < 4.78 is 21.3. The number of aliphatic hydroxyl groups is 1. The quantitative estimate of drug-likeness (QED) is 0.0391. The number of hydrogen-bond donors (Lipinski definition) is 10. The van der Waals surface area contributed by atoms with Crippen LogP contribution in [0.4, 0.5) is 0 Å². The van der Waals surface area contributed by atoms with Crippen molar-refractivity contribution in [2.24, 2.45) is 5.92 Å². The summed E-state index contributed by atoms with van der Waals surface area (Å²) in [5.74, 6) is -8.16. The average Bonchev–Trinajstić information content (AvgIpc) is 3.39. The molecular weight excluding hydrogens is 1030 g/mol. The molecule has 0 heterocycles. The Hall–Kier alpha value is -5.63. The van der Waals surface area contributed by atoms with Crippen LogP contribution < -0.4 is 26.6 Å². The van der Waals surface area contributed by atoms with Gasteiger partial charge in [0.15, 0.2) is 5.78 Å². The molecule has 78 heavy (non-hydrogen) atoms. The van der Waals surface area contributed by atoms with Gasteiger partial charge in [0.05, 0.1) is 33.0 Å². The second kappa shape index (κ2) is 48.5. The van der Waals surface area contributed by atoms with E-state index in [4.69, 9.17) is 29.2 Å². The normalized spacial score (nSPS) is 12.6. The number of Topliss-reactive ketones (excluding diaryl/α,β-unsaturated/α-hetero) is 2. The van der Waals surface area contributed by atoms with Gasteiger partial charge in [0.1, 0.15) is 43.7 Å². The van der Waals surface area contributed by atoms with Crippen LogP contribution in [-0.2, 0) is 71.7 Å². The number of rotatable bonds is 55. The molecule has 0 aromatic carbocycles. The van der Waals surface area contributed by atoms with Crippen LogP contribution in [0.5, 0.6) is 0 Å². The van der Waals surface area contributed by atoms with Crippen molar-refractivity contribution >= 4 is 65.0 Å². The topological polar surface area (TPSA) is 386 Å². The predicted molar refractivity (Wildman–Crippen MR) is 282 cm³/mol. The maximum Gasteiger partial charge on any atom is 0.326 e. The minimum Gasteiger partial charge on any atom is -0.481 e. The molecule has 0 saturated carbocycles. The van der Waals surface area contributed by atoms with Gasteiger partial charge in [0.25, 0.3) is 0 Å². The molecule has 25 heteroatoms. The highest BCUT2D eigenvalue weighted by Gasteiger charge is 2.25. The molecule has 0 spiro atoms. The van der Waals surface area contributed by atoms with Crippen molar-refractivity contribution in [2.45, 2.75) is 192 Å². The Morgan fingerprint density at radius 2 is 0.821 bits per heavy atom. The van der Waals surface area contributed by atoms with Crippen LogP contribution in [0, 0.1) is 5.92 Å². The minimum absolute atomic E-state index is 0.000162. The zero-order valence-electron chi connectivity index (χ0n) is 45.8. The Morgan fingerprint density at radius 3 is 1.33 bits per heavy atom. The highest BCUT2D eigenvalue weighted by molar-refractivity contribution is 5.87. The lowest BCUT2D eigenvalue weighted by molar-refractivity contribution is -0.144. The summed E-state index contributed by atoms with van der Waals surface area (Å²) in [7, 11) is 0. The molecule has 5 amide bonds. The molecule has 0 radical (unpaired) electrons. The summed E-state index contributed by atoms with van der Waals surface area (Å²) in [6, 6.07) is -4.05. The van der Waals surface area contributed by atoms with Crippen molar-refractivity contribution in [3.8, 4) is 0 Å². The highest BCUT2D eigenvalue weighted by Crippen LogP contribution is 2.15. The number of ketones is 2. The van der Waals surface area contributed by atoms with Gasteiger partial charge in [-0.05, 0) is 57.8 Å². The summed E-state index contributed by atoms with van der Waals surface area (Å²) in [4.78, 5) is 131. The molecule has 25 nitrogen and oxygen atoms in total. The van der Waals surface area contributed by atoms with Crippen LogP contribution in [0.25, 0.3) is 0 Å². The summed E-state index contributed by atoms with van der Waals surface area (Å²) >= 11 is 0. The lowest BCUT2D eigenvalue weighted by Gasteiger charge is -2.17. The van der Waals surface area contributed by atoms with Gasteiger partial charge >= 0.3 is 23.9 Å². The first-order valence-electron chi connectivity index (χ1n) is 27.7. The lowest BCUT2D eigenvalue weighted by atomic mass is 9.95. The van der Waals surface area contributed by atoms with Crippen molar-refractivity contribution in [1.82, 2.24) is 26.6 Å². The van der Waals surface area contributed by atoms with Crippen LogP contribution in [0.15, 0.2) is 0 Å². The van der Waals surface area contributed by atoms with E-state index in [1.807, 2.05) is 6.92 Å². The number of carbonyl (C=O) groups is 11. The molecule has 0 aliphatic rings. The van der Waals surface area contributed by atoms with Crippen molar-refractivity contribution in [2.75, 3.05) is 72.6 Å². The molecule has 0 aromatic heterocycles. The highest BCUT2D eigenvalue weighted by atomic mass is 16.5. The molecule has 10 N–H and O–H groups in total. The van der Waals surface area contributed by atoms with Crippen LogP contribution in [0.3, 0.4) is 0 Å². The van der Waals surface area contributed by atoms with Crippen LogP contribution in [-0.4, -0.2) is 181 Å². The van der Waals surface area contributed by atoms with E-state index in [0.29, 0.717) is 45.1 Å². The first-order chi connectivity index (χ1) is 37.4. The van der Waals surface area contributed by atoms with Gasteiger partial charge in [-0.25, -0.2) is 14.4 Å². The molecule has 0 aliphatic heterocycles. The van der Waals surface area contributed by atoms with E-state index in [9.17, 15) is 68.1 Å². The molecule has 0 aliphatic carbocycles. The Bertz CT molecular complexity index is 1770. The van der Waals surface area contributed by atoms with Gasteiger partial charge in [-0.1, -0.05) is 77.6 Å². The largest absolute Gasteiger partial charge is 0.481 e. The Kier molecular flexibility index (Phi) is 45.0. The summed E-state index contributed by atoms with van der Waals surface area (Å²) in [5, 5.41) is 58.6. The second-order valence-electron chi connectivity index (χ2n) is 19.0. The van der Waals surface area contributed by atoms with E-state index < -0.39 is 85.3 Å². The average molecular weight is 1120 g/mol. The van der Waals surface area contributed by atoms with E-state index in [-0.39, 0.29) is 128 Å². The van der Waals surface area contributed by atoms with Crippen molar-refractivity contribution in [3.05, 3.63) is 0 Å². The van der Waals surface area contributed by atoms with Crippen LogP contribution in [0.1, 0.15) is 174 Å². The van der Waals surface area contributed by atoms with E-state index >= 15 is 0 Å².